The third kappa shape index (κ3) is 6.03. The summed E-state index contributed by atoms with van der Waals surface area (Å²) in [6.45, 7) is 1.67. The summed E-state index contributed by atoms with van der Waals surface area (Å²) in [5.74, 6) is -5.01. The Labute approximate surface area is 181 Å². The molecule has 0 bridgehead atoms. The zero-order valence-electron chi connectivity index (χ0n) is 18.3. The van der Waals surface area contributed by atoms with Crippen LogP contribution in [0.3, 0.4) is 0 Å². The number of ketones is 1. The smallest absolute Gasteiger partial charge is 0.317 e. The zero-order chi connectivity index (χ0) is 23.0. The van der Waals surface area contributed by atoms with Gasteiger partial charge in [0.05, 0.1) is 31.8 Å². The molecule has 1 aliphatic rings. The summed E-state index contributed by atoms with van der Waals surface area (Å²) in [6.07, 6.45) is -0.387. The van der Waals surface area contributed by atoms with Crippen molar-refractivity contribution in [3.8, 4) is 5.75 Å². The van der Waals surface area contributed by atoms with Crippen LogP contribution in [0.5, 0.6) is 5.75 Å². The van der Waals surface area contributed by atoms with Crippen LogP contribution in [0.2, 0.25) is 0 Å². The Morgan fingerprint density at radius 3 is 2.23 bits per heavy atom. The van der Waals surface area contributed by atoms with Crippen molar-refractivity contribution in [2.24, 2.45) is 11.8 Å². The first kappa shape index (κ1) is 24.8. The normalized spacial score (nSPS) is 25.7. The standard InChI is InChI=1S/C22H30O9/c1-22(26)13-16(23)18(20(24)30-10-8-27-2)17(14-6-5-7-15(12-14)29-4)19(22)21(25)31-11-9-28-3/h5-7,12,17-19,26H,8-11,13H2,1-4H3. The molecular formula is C22H30O9. The molecule has 0 amide bonds. The molecule has 9 nitrogen and oxygen atoms in total. The van der Waals surface area contributed by atoms with Gasteiger partial charge in [0.1, 0.15) is 24.9 Å². The van der Waals surface area contributed by atoms with E-state index >= 15 is 0 Å². The lowest BCUT2D eigenvalue weighted by Gasteiger charge is -2.43. The Kier molecular flexibility index (Phi) is 8.97. The summed E-state index contributed by atoms with van der Waals surface area (Å²) in [4.78, 5) is 38.8. The second-order valence-corrected chi connectivity index (χ2v) is 7.58. The molecule has 0 aromatic heterocycles. The lowest BCUT2D eigenvalue weighted by Crippen LogP contribution is -2.55. The van der Waals surface area contributed by atoms with Gasteiger partial charge in [-0.2, -0.15) is 0 Å². The average molecular weight is 438 g/mol. The van der Waals surface area contributed by atoms with Gasteiger partial charge in [-0.25, -0.2) is 0 Å². The van der Waals surface area contributed by atoms with E-state index < -0.39 is 41.1 Å². The number of benzene rings is 1. The molecule has 0 heterocycles. The number of hydrogen-bond donors (Lipinski definition) is 1. The fourth-order valence-corrected chi connectivity index (χ4v) is 3.90. The number of hydrogen-bond acceptors (Lipinski definition) is 9. The minimum Gasteiger partial charge on any atom is -0.497 e. The van der Waals surface area contributed by atoms with Crippen LogP contribution >= 0.6 is 0 Å². The van der Waals surface area contributed by atoms with Crippen LogP contribution in [0.1, 0.15) is 24.8 Å². The second-order valence-electron chi connectivity index (χ2n) is 7.58. The van der Waals surface area contributed by atoms with Crippen molar-refractivity contribution in [1.29, 1.82) is 0 Å². The molecular weight excluding hydrogens is 408 g/mol. The van der Waals surface area contributed by atoms with Gasteiger partial charge in [-0.15, -0.1) is 0 Å². The van der Waals surface area contributed by atoms with Crippen molar-refractivity contribution in [3.63, 3.8) is 0 Å². The number of carbonyl (C=O) groups is 3. The highest BCUT2D eigenvalue weighted by molar-refractivity contribution is 6.02. The van der Waals surface area contributed by atoms with Crippen molar-refractivity contribution in [3.05, 3.63) is 29.8 Å². The van der Waals surface area contributed by atoms with Crippen LogP contribution < -0.4 is 4.74 Å². The van der Waals surface area contributed by atoms with Crippen molar-refractivity contribution >= 4 is 17.7 Å². The number of esters is 2. The van der Waals surface area contributed by atoms with Gasteiger partial charge in [0.2, 0.25) is 0 Å². The summed E-state index contributed by atoms with van der Waals surface area (Å²) < 4.78 is 25.6. The minimum absolute atomic E-state index is 0.0242. The first-order valence-corrected chi connectivity index (χ1v) is 9.97. The maximum atomic E-state index is 13.0. The molecule has 1 aromatic rings. The van der Waals surface area contributed by atoms with E-state index in [9.17, 15) is 19.5 Å². The third-order valence-corrected chi connectivity index (χ3v) is 5.32. The van der Waals surface area contributed by atoms with E-state index in [0.717, 1.165) is 0 Å². The summed E-state index contributed by atoms with van der Waals surface area (Å²) in [5.41, 5.74) is -1.24. The molecule has 0 saturated heterocycles. The van der Waals surface area contributed by atoms with E-state index in [4.69, 9.17) is 23.7 Å². The molecule has 4 unspecified atom stereocenters. The maximum absolute atomic E-state index is 13.0. The van der Waals surface area contributed by atoms with Crippen molar-refractivity contribution in [2.45, 2.75) is 24.9 Å². The van der Waals surface area contributed by atoms with E-state index in [1.165, 1.54) is 28.3 Å². The molecule has 1 N–H and O–H groups in total. The van der Waals surface area contributed by atoms with Gasteiger partial charge in [0, 0.05) is 26.6 Å². The van der Waals surface area contributed by atoms with Gasteiger partial charge in [-0.1, -0.05) is 12.1 Å². The van der Waals surface area contributed by atoms with E-state index in [2.05, 4.69) is 0 Å². The van der Waals surface area contributed by atoms with Crippen LogP contribution in [0, 0.1) is 11.8 Å². The van der Waals surface area contributed by atoms with Gasteiger partial charge in [-0.3, -0.25) is 14.4 Å². The van der Waals surface area contributed by atoms with Gasteiger partial charge < -0.3 is 28.8 Å². The summed E-state index contributed by atoms with van der Waals surface area (Å²) >= 11 is 0. The van der Waals surface area contributed by atoms with E-state index in [1.54, 1.807) is 24.3 Å². The Balaban J connectivity index is 2.50. The Morgan fingerprint density at radius 2 is 1.65 bits per heavy atom. The van der Waals surface area contributed by atoms with Crippen LogP contribution in [-0.4, -0.2) is 76.2 Å². The molecule has 1 aliphatic carbocycles. The quantitative estimate of drug-likeness (QED) is 0.326. The minimum atomic E-state index is -1.72. The molecule has 4 atom stereocenters. The average Bonchev–Trinajstić information content (AvgIpc) is 2.72. The van der Waals surface area contributed by atoms with Gasteiger partial charge >= 0.3 is 11.9 Å². The fourth-order valence-electron chi connectivity index (χ4n) is 3.90. The van der Waals surface area contributed by atoms with Crippen molar-refractivity contribution in [1.82, 2.24) is 0 Å². The maximum Gasteiger partial charge on any atom is 0.317 e. The van der Waals surface area contributed by atoms with Gasteiger partial charge in [-0.05, 0) is 24.6 Å². The zero-order valence-corrected chi connectivity index (χ0v) is 18.3. The molecule has 9 heteroatoms. The molecule has 2 rings (SSSR count). The predicted octanol–water partition coefficient (Wildman–Crippen LogP) is 1.11. The summed E-state index contributed by atoms with van der Waals surface area (Å²) in [5, 5.41) is 11.0. The molecule has 1 fully saturated rings. The number of methoxy groups -OCH3 is 3. The highest BCUT2D eigenvalue weighted by Crippen LogP contribution is 2.47. The third-order valence-electron chi connectivity index (χ3n) is 5.32. The number of Topliss-reactive ketones (excluding diaryl/α,β-unsaturated/α-hetero) is 1. The monoisotopic (exact) mass is 438 g/mol. The Hall–Kier alpha value is -2.49. The molecule has 1 saturated carbocycles. The summed E-state index contributed by atoms with van der Waals surface area (Å²) in [7, 11) is 4.41. The first-order chi connectivity index (χ1) is 14.8. The molecule has 0 spiro atoms. The fraction of sp³-hybridized carbons (Fsp3) is 0.591. The predicted molar refractivity (Wildman–Crippen MR) is 109 cm³/mol. The van der Waals surface area contributed by atoms with Crippen LogP contribution in [0.15, 0.2) is 24.3 Å². The van der Waals surface area contributed by atoms with E-state index in [1.807, 2.05) is 0 Å². The van der Waals surface area contributed by atoms with Crippen LogP contribution in [0.4, 0.5) is 0 Å². The lowest BCUT2D eigenvalue weighted by molar-refractivity contribution is -0.174. The largest absolute Gasteiger partial charge is 0.497 e. The van der Waals surface area contributed by atoms with E-state index in [0.29, 0.717) is 11.3 Å². The topological polar surface area (TPSA) is 118 Å². The van der Waals surface area contributed by atoms with Gasteiger partial charge in [0.25, 0.3) is 0 Å². The number of ether oxygens (including phenoxy) is 5. The summed E-state index contributed by atoms with van der Waals surface area (Å²) in [6, 6.07) is 6.68. The second kappa shape index (κ2) is 11.2. The lowest BCUT2D eigenvalue weighted by atomic mass is 9.61. The molecule has 0 aliphatic heterocycles. The number of carbonyl (C=O) groups excluding carboxylic acids is 3. The molecule has 0 radical (unpaired) electrons. The van der Waals surface area contributed by atoms with E-state index in [-0.39, 0.29) is 32.8 Å². The van der Waals surface area contributed by atoms with Crippen LogP contribution in [-0.2, 0) is 33.3 Å². The highest BCUT2D eigenvalue weighted by Gasteiger charge is 2.57. The number of rotatable bonds is 10. The first-order valence-electron chi connectivity index (χ1n) is 9.97. The number of aliphatic hydroxyl groups is 1. The molecule has 1 aromatic carbocycles. The molecule has 172 valence electrons. The Morgan fingerprint density at radius 1 is 1.03 bits per heavy atom. The highest BCUT2D eigenvalue weighted by atomic mass is 16.6. The molecule has 31 heavy (non-hydrogen) atoms. The van der Waals surface area contributed by atoms with Crippen molar-refractivity contribution < 1.29 is 43.2 Å². The van der Waals surface area contributed by atoms with Crippen LogP contribution in [0.25, 0.3) is 0 Å². The SMILES string of the molecule is COCCOC(=O)C1C(=O)CC(C)(O)C(C(=O)OCCOC)C1c1cccc(OC)c1. The van der Waals surface area contributed by atoms with Crippen molar-refractivity contribution in [2.75, 3.05) is 47.8 Å². The Bertz CT molecular complexity index is 774. The van der Waals surface area contributed by atoms with Gasteiger partial charge in [0.15, 0.2) is 5.78 Å².